The number of carbonyl (C=O) groups is 1. The molecule has 0 bridgehead atoms. The number of halogens is 1. The average Bonchev–Trinajstić information content (AvgIpc) is 3.38. The van der Waals surface area contributed by atoms with Crippen LogP contribution in [0.2, 0.25) is 5.02 Å². The summed E-state index contributed by atoms with van der Waals surface area (Å²) in [5.41, 5.74) is 3.96. The molecule has 4 nitrogen and oxygen atoms in total. The third-order valence-electron chi connectivity index (χ3n) is 5.27. The van der Waals surface area contributed by atoms with Gasteiger partial charge in [-0.15, -0.1) is 0 Å². The van der Waals surface area contributed by atoms with Crippen LogP contribution in [0.1, 0.15) is 35.4 Å². The maximum Gasteiger partial charge on any atom is 0.271 e. The lowest BCUT2D eigenvalue weighted by atomic mass is 10.0. The zero-order valence-electron chi connectivity index (χ0n) is 13.4. The lowest BCUT2D eigenvalue weighted by Crippen LogP contribution is -2.42. The molecule has 24 heavy (non-hydrogen) atoms. The van der Waals surface area contributed by atoms with E-state index in [1.54, 1.807) is 0 Å². The third kappa shape index (κ3) is 2.09. The Balaban J connectivity index is 1.72. The zero-order valence-corrected chi connectivity index (χ0v) is 14.2. The summed E-state index contributed by atoms with van der Waals surface area (Å²) in [5.74, 6) is 1.07. The lowest BCUT2D eigenvalue weighted by Gasteiger charge is -2.30. The van der Waals surface area contributed by atoms with E-state index in [0.29, 0.717) is 11.1 Å². The number of aromatic nitrogens is 1. The minimum atomic E-state index is 0.159. The zero-order chi connectivity index (χ0) is 16.3. The molecule has 2 aliphatic heterocycles. The van der Waals surface area contributed by atoms with Crippen molar-refractivity contribution >= 4 is 17.5 Å². The second kappa shape index (κ2) is 5.28. The van der Waals surface area contributed by atoms with Gasteiger partial charge < -0.3 is 14.2 Å². The summed E-state index contributed by atoms with van der Waals surface area (Å²) in [5, 5.41) is 0.701. The van der Waals surface area contributed by atoms with E-state index in [1.165, 1.54) is 5.69 Å². The normalized spacial score (nSPS) is 19.7. The van der Waals surface area contributed by atoms with Gasteiger partial charge in [0, 0.05) is 24.2 Å². The second-order valence-corrected chi connectivity index (χ2v) is 7.28. The summed E-state index contributed by atoms with van der Waals surface area (Å²) in [4.78, 5) is 15.3. The summed E-state index contributed by atoms with van der Waals surface area (Å²) in [6, 6.07) is 8.17. The first-order valence-corrected chi connectivity index (χ1v) is 9.07. The Morgan fingerprint density at radius 2 is 1.92 bits per heavy atom. The SMILES string of the molecule is O=C1c2c(-c3ccc(Cl)cc3)c3c(n2CCN1C1CC1)CCCO3. The molecule has 124 valence electrons. The molecular formula is C19H19ClN2O2. The van der Waals surface area contributed by atoms with Gasteiger partial charge in [0.15, 0.2) is 0 Å². The van der Waals surface area contributed by atoms with Crippen molar-refractivity contribution in [1.29, 1.82) is 0 Å². The van der Waals surface area contributed by atoms with Crippen LogP contribution in [0.15, 0.2) is 24.3 Å². The van der Waals surface area contributed by atoms with E-state index < -0.39 is 0 Å². The Morgan fingerprint density at radius 3 is 2.67 bits per heavy atom. The van der Waals surface area contributed by atoms with Gasteiger partial charge >= 0.3 is 0 Å². The Labute approximate surface area is 146 Å². The number of amides is 1. The minimum Gasteiger partial charge on any atom is -0.491 e. The monoisotopic (exact) mass is 342 g/mol. The molecule has 5 heteroatoms. The van der Waals surface area contributed by atoms with Crippen LogP contribution in [0.5, 0.6) is 5.75 Å². The Hall–Kier alpha value is -1.94. The standard InChI is InChI=1S/C19H19ClN2O2/c20-13-5-3-12(4-6-13)16-17-19(23)21(14-7-8-14)9-10-22(17)15-2-1-11-24-18(15)16/h3-6,14H,1-2,7-11H2. The maximum absolute atomic E-state index is 13.2. The van der Waals surface area contributed by atoms with E-state index in [4.69, 9.17) is 16.3 Å². The van der Waals surface area contributed by atoms with E-state index in [2.05, 4.69) is 9.47 Å². The molecule has 0 N–H and O–H groups in total. The van der Waals surface area contributed by atoms with Crippen LogP contribution in [0, 0.1) is 0 Å². The number of hydrogen-bond acceptors (Lipinski definition) is 2. The molecule has 0 saturated heterocycles. The number of rotatable bonds is 2. The van der Waals surface area contributed by atoms with Gasteiger partial charge in [0.1, 0.15) is 11.4 Å². The molecule has 0 atom stereocenters. The Bertz CT molecular complexity index is 821. The third-order valence-corrected chi connectivity index (χ3v) is 5.53. The lowest BCUT2D eigenvalue weighted by molar-refractivity contribution is 0.0690. The van der Waals surface area contributed by atoms with Gasteiger partial charge in [-0.3, -0.25) is 4.79 Å². The highest BCUT2D eigenvalue weighted by Gasteiger charge is 2.40. The van der Waals surface area contributed by atoms with Gasteiger partial charge in [-0.25, -0.2) is 0 Å². The van der Waals surface area contributed by atoms with Crippen molar-refractivity contribution in [3.8, 4) is 16.9 Å². The van der Waals surface area contributed by atoms with Crippen LogP contribution in [-0.4, -0.2) is 34.6 Å². The molecule has 1 fully saturated rings. The van der Waals surface area contributed by atoms with Gasteiger partial charge in [-0.05, 0) is 43.4 Å². The smallest absolute Gasteiger partial charge is 0.271 e. The quantitative estimate of drug-likeness (QED) is 0.833. The molecule has 0 unspecified atom stereocenters. The molecule has 1 aliphatic carbocycles. The fourth-order valence-corrected chi connectivity index (χ4v) is 4.12. The molecule has 1 aromatic carbocycles. The van der Waals surface area contributed by atoms with E-state index in [0.717, 1.165) is 68.0 Å². The highest BCUT2D eigenvalue weighted by molar-refractivity contribution is 6.30. The number of hydrogen-bond donors (Lipinski definition) is 0. The van der Waals surface area contributed by atoms with Crippen LogP contribution in [0.3, 0.4) is 0 Å². The first-order valence-electron chi connectivity index (χ1n) is 8.69. The number of carbonyl (C=O) groups excluding carboxylic acids is 1. The second-order valence-electron chi connectivity index (χ2n) is 6.84. The highest BCUT2D eigenvalue weighted by atomic mass is 35.5. The van der Waals surface area contributed by atoms with Crippen molar-refractivity contribution in [2.24, 2.45) is 0 Å². The largest absolute Gasteiger partial charge is 0.491 e. The van der Waals surface area contributed by atoms with E-state index >= 15 is 0 Å². The molecule has 1 saturated carbocycles. The summed E-state index contributed by atoms with van der Waals surface area (Å²) in [6.07, 6.45) is 4.27. The number of nitrogens with zero attached hydrogens (tertiary/aromatic N) is 2. The highest BCUT2D eigenvalue weighted by Crippen LogP contribution is 2.44. The van der Waals surface area contributed by atoms with Crippen LogP contribution >= 0.6 is 11.6 Å². The van der Waals surface area contributed by atoms with Crippen molar-refractivity contribution in [2.75, 3.05) is 13.2 Å². The minimum absolute atomic E-state index is 0.159. The molecule has 1 amide bonds. The number of benzene rings is 1. The summed E-state index contributed by atoms with van der Waals surface area (Å²) in [6.45, 7) is 2.41. The van der Waals surface area contributed by atoms with Gasteiger partial charge in [0.05, 0.1) is 17.9 Å². The van der Waals surface area contributed by atoms with Crippen molar-refractivity contribution < 1.29 is 9.53 Å². The van der Waals surface area contributed by atoms with Crippen LogP contribution in [0.25, 0.3) is 11.1 Å². The Kier molecular flexibility index (Phi) is 3.17. The molecule has 2 aromatic rings. The summed E-state index contributed by atoms with van der Waals surface area (Å²) < 4.78 is 8.24. The predicted octanol–water partition coefficient (Wildman–Crippen LogP) is 3.75. The molecule has 1 aromatic heterocycles. The van der Waals surface area contributed by atoms with Crippen molar-refractivity contribution in [3.05, 3.63) is 40.7 Å². The first kappa shape index (κ1) is 14.4. The molecule has 3 aliphatic rings. The van der Waals surface area contributed by atoms with Crippen LogP contribution in [-0.2, 0) is 13.0 Å². The molecule has 0 radical (unpaired) electrons. The average molecular weight is 343 g/mol. The molecular weight excluding hydrogens is 324 g/mol. The topological polar surface area (TPSA) is 34.5 Å². The molecule has 3 heterocycles. The summed E-state index contributed by atoms with van der Waals surface area (Å²) in [7, 11) is 0. The van der Waals surface area contributed by atoms with E-state index in [9.17, 15) is 4.79 Å². The fraction of sp³-hybridized carbons (Fsp3) is 0.421. The van der Waals surface area contributed by atoms with E-state index in [-0.39, 0.29) is 5.91 Å². The van der Waals surface area contributed by atoms with Gasteiger partial charge in [-0.1, -0.05) is 23.7 Å². The molecule has 5 rings (SSSR count). The molecule has 0 spiro atoms. The maximum atomic E-state index is 13.2. The van der Waals surface area contributed by atoms with Gasteiger partial charge in [0.2, 0.25) is 0 Å². The predicted molar refractivity (Wildman–Crippen MR) is 92.8 cm³/mol. The van der Waals surface area contributed by atoms with E-state index in [1.807, 2.05) is 24.3 Å². The Morgan fingerprint density at radius 1 is 1.12 bits per heavy atom. The first-order chi connectivity index (χ1) is 11.7. The van der Waals surface area contributed by atoms with Gasteiger partial charge in [0.25, 0.3) is 5.91 Å². The van der Waals surface area contributed by atoms with Crippen molar-refractivity contribution in [2.45, 2.75) is 38.3 Å². The summed E-state index contributed by atoms with van der Waals surface area (Å²) >= 11 is 6.05. The van der Waals surface area contributed by atoms with Crippen molar-refractivity contribution in [3.63, 3.8) is 0 Å². The van der Waals surface area contributed by atoms with Crippen molar-refractivity contribution in [1.82, 2.24) is 9.47 Å². The van der Waals surface area contributed by atoms with Crippen LogP contribution in [0.4, 0.5) is 0 Å². The fourth-order valence-electron chi connectivity index (χ4n) is 4.00. The number of ether oxygens (including phenoxy) is 1. The van der Waals surface area contributed by atoms with Gasteiger partial charge in [-0.2, -0.15) is 0 Å². The number of fused-ring (bicyclic) bond motifs is 3. The van der Waals surface area contributed by atoms with Crippen LogP contribution < -0.4 is 4.74 Å².